The van der Waals surface area contributed by atoms with Gasteiger partial charge >= 0.3 is 0 Å². The van der Waals surface area contributed by atoms with Crippen molar-refractivity contribution < 1.29 is 4.74 Å². The maximum Gasteiger partial charge on any atom is 0.0589 e. The summed E-state index contributed by atoms with van der Waals surface area (Å²) in [6, 6.07) is 0.797. The van der Waals surface area contributed by atoms with Gasteiger partial charge in [-0.15, -0.1) is 0 Å². The van der Waals surface area contributed by atoms with Crippen LogP contribution in [-0.4, -0.2) is 50.8 Å². The first-order chi connectivity index (χ1) is 7.36. The number of hydrogen-bond donors (Lipinski definition) is 1. The number of nitrogens with zero attached hydrogens (tertiary/aromatic N) is 1. The van der Waals surface area contributed by atoms with E-state index in [0.29, 0.717) is 0 Å². The Bertz CT molecular complexity index is 147. The zero-order valence-electron chi connectivity index (χ0n) is 10.3. The Morgan fingerprint density at radius 3 is 2.60 bits per heavy atom. The van der Waals surface area contributed by atoms with Crippen LogP contribution in [0.3, 0.4) is 0 Å². The van der Waals surface area contributed by atoms with Crippen LogP contribution in [0.1, 0.15) is 32.6 Å². The van der Waals surface area contributed by atoms with Crippen molar-refractivity contribution in [3.63, 3.8) is 0 Å². The first-order valence-corrected chi connectivity index (χ1v) is 6.31. The third-order valence-electron chi connectivity index (χ3n) is 3.28. The summed E-state index contributed by atoms with van der Waals surface area (Å²) < 4.78 is 5.09. The molecule has 0 bridgehead atoms. The van der Waals surface area contributed by atoms with Crippen LogP contribution in [0.25, 0.3) is 0 Å². The smallest absolute Gasteiger partial charge is 0.0589 e. The molecule has 15 heavy (non-hydrogen) atoms. The van der Waals surface area contributed by atoms with Crippen LogP contribution in [0.5, 0.6) is 0 Å². The summed E-state index contributed by atoms with van der Waals surface area (Å²) in [6.45, 7) is 7.51. The molecule has 0 spiro atoms. The Balaban J connectivity index is 2.00. The largest absolute Gasteiger partial charge is 0.383 e. The first-order valence-electron chi connectivity index (χ1n) is 6.31. The molecule has 0 aromatic heterocycles. The van der Waals surface area contributed by atoms with E-state index in [1.54, 1.807) is 7.11 Å². The maximum absolute atomic E-state index is 5.09. The van der Waals surface area contributed by atoms with E-state index in [9.17, 15) is 0 Å². The van der Waals surface area contributed by atoms with E-state index in [2.05, 4.69) is 17.1 Å². The highest BCUT2D eigenvalue weighted by molar-refractivity contribution is 4.73. The van der Waals surface area contributed by atoms with E-state index in [0.717, 1.165) is 38.8 Å². The van der Waals surface area contributed by atoms with Crippen molar-refractivity contribution in [2.24, 2.45) is 0 Å². The number of ether oxygens (including phenoxy) is 1. The van der Waals surface area contributed by atoms with Crippen molar-refractivity contribution in [3.05, 3.63) is 0 Å². The van der Waals surface area contributed by atoms with Gasteiger partial charge in [-0.2, -0.15) is 0 Å². The SMILES string of the molecule is CCN(CCNC1CCCC1)CCOC. The summed E-state index contributed by atoms with van der Waals surface area (Å²) in [5.74, 6) is 0. The lowest BCUT2D eigenvalue weighted by atomic mass is 10.2. The average molecular weight is 214 g/mol. The second-order valence-corrected chi connectivity index (χ2v) is 4.36. The van der Waals surface area contributed by atoms with Gasteiger partial charge in [-0.05, 0) is 19.4 Å². The fourth-order valence-corrected chi connectivity index (χ4v) is 2.21. The summed E-state index contributed by atoms with van der Waals surface area (Å²) in [5, 5.41) is 3.64. The fraction of sp³-hybridized carbons (Fsp3) is 1.00. The average Bonchev–Trinajstić information content (AvgIpc) is 2.76. The zero-order chi connectivity index (χ0) is 10.9. The van der Waals surface area contributed by atoms with Gasteiger partial charge < -0.3 is 15.0 Å². The second kappa shape index (κ2) is 8.08. The van der Waals surface area contributed by atoms with Crippen LogP contribution in [-0.2, 0) is 4.74 Å². The molecule has 3 heteroatoms. The molecule has 1 aliphatic rings. The second-order valence-electron chi connectivity index (χ2n) is 4.36. The standard InChI is InChI=1S/C12H26N2O/c1-3-14(10-11-15-2)9-8-13-12-6-4-5-7-12/h12-13H,3-11H2,1-2H3. The predicted octanol–water partition coefficient (Wildman–Crippen LogP) is 1.49. The van der Waals surface area contributed by atoms with Gasteiger partial charge in [-0.3, -0.25) is 0 Å². The van der Waals surface area contributed by atoms with Gasteiger partial charge in [0.25, 0.3) is 0 Å². The highest BCUT2D eigenvalue weighted by Crippen LogP contribution is 2.17. The normalized spacial score (nSPS) is 17.8. The van der Waals surface area contributed by atoms with Gasteiger partial charge in [0.05, 0.1) is 6.61 Å². The minimum absolute atomic E-state index is 0.797. The van der Waals surface area contributed by atoms with E-state index in [-0.39, 0.29) is 0 Å². The van der Waals surface area contributed by atoms with Crippen LogP contribution in [0.15, 0.2) is 0 Å². The summed E-state index contributed by atoms with van der Waals surface area (Å²) in [4.78, 5) is 2.44. The summed E-state index contributed by atoms with van der Waals surface area (Å²) >= 11 is 0. The number of nitrogens with one attached hydrogen (secondary N) is 1. The summed E-state index contributed by atoms with van der Waals surface area (Å²) in [6.07, 6.45) is 5.59. The number of methoxy groups -OCH3 is 1. The fourth-order valence-electron chi connectivity index (χ4n) is 2.21. The topological polar surface area (TPSA) is 24.5 Å². The molecule has 0 aliphatic heterocycles. The zero-order valence-corrected chi connectivity index (χ0v) is 10.3. The van der Waals surface area contributed by atoms with E-state index >= 15 is 0 Å². The van der Waals surface area contributed by atoms with Crippen LogP contribution in [0.4, 0.5) is 0 Å². The van der Waals surface area contributed by atoms with Crippen LogP contribution >= 0.6 is 0 Å². The molecule has 1 rings (SSSR count). The third kappa shape index (κ3) is 5.50. The molecular formula is C12H26N2O. The van der Waals surface area contributed by atoms with Crippen molar-refractivity contribution in [1.82, 2.24) is 10.2 Å². The molecule has 0 amide bonds. The molecule has 0 unspecified atom stereocenters. The molecule has 0 saturated heterocycles. The molecule has 0 heterocycles. The summed E-state index contributed by atoms with van der Waals surface area (Å²) in [7, 11) is 1.77. The van der Waals surface area contributed by atoms with Crippen molar-refractivity contribution in [2.75, 3.05) is 39.9 Å². The van der Waals surface area contributed by atoms with Crippen molar-refractivity contribution in [1.29, 1.82) is 0 Å². The maximum atomic E-state index is 5.09. The predicted molar refractivity (Wildman–Crippen MR) is 64.2 cm³/mol. The quantitative estimate of drug-likeness (QED) is 0.662. The highest BCUT2D eigenvalue weighted by atomic mass is 16.5. The molecule has 1 aliphatic carbocycles. The van der Waals surface area contributed by atoms with Crippen LogP contribution < -0.4 is 5.32 Å². The lowest BCUT2D eigenvalue weighted by Gasteiger charge is -2.21. The first kappa shape index (κ1) is 12.9. The van der Waals surface area contributed by atoms with Gasteiger partial charge in [-0.1, -0.05) is 19.8 Å². The molecule has 1 N–H and O–H groups in total. The van der Waals surface area contributed by atoms with Gasteiger partial charge in [0.15, 0.2) is 0 Å². The van der Waals surface area contributed by atoms with E-state index in [1.807, 2.05) is 0 Å². The molecular weight excluding hydrogens is 188 g/mol. The van der Waals surface area contributed by atoms with E-state index in [4.69, 9.17) is 4.74 Å². The lowest BCUT2D eigenvalue weighted by Crippen LogP contribution is -2.37. The van der Waals surface area contributed by atoms with Crippen LogP contribution in [0, 0.1) is 0 Å². The Kier molecular flexibility index (Phi) is 6.98. The minimum Gasteiger partial charge on any atom is -0.383 e. The lowest BCUT2D eigenvalue weighted by molar-refractivity contribution is 0.150. The molecule has 0 radical (unpaired) electrons. The molecule has 90 valence electrons. The third-order valence-corrected chi connectivity index (χ3v) is 3.28. The van der Waals surface area contributed by atoms with E-state index in [1.165, 1.54) is 25.7 Å². The van der Waals surface area contributed by atoms with E-state index < -0.39 is 0 Å². The highest BCUT2D eigenvalue weighted by Gasteiger charge is 2.13. The Morgan fingerprint density at radius 2 is 2.00 bits per heavy atom. The molecule has 1 saturated carbocycles. The summed E-state index contributed by atoms with van der Waals surface area (Å²) in [5.41, 5.74) is 0. The molecule has 3 nitrogen and oxygen atoms in total. The molecule has 1 fully saturated rings. The Labute approximate surface area is 94.2 Å². The minimum atomic E-state index is 0.797. The van der Waals surface area contributed by atoms with Crippen molar-refractivity contribution in [3.8, 4) is 0 Å². The van der Waals surface area contributed by atoms with Gasteiger partial charge in [0, 0.05) is 32.8 Å². The molecule has 0 aromatic carbocycles. The van der Waals surface area contributed by atoms with Gasteiger partial charge in [0.1, 0.15) is 0 Å². The Morgan fingerprint density at radius 1 is 1.27 bits per heavy atom. The molecule has 0 aromatic rings. The number of hydrogen-bond acceptors (Lipinski definition) is 3. The molecule has 0 atom stereocenters. The van der Waals surface area contributed by atoms with Gasteiger partial charge in [-0.25, -0.2) is 0 Å². The van der Waals surface area contributed by atoms with Crippen LogP contribution in [0.2, 0.25) is 0 Å². The monoisotopic (exact) mass is 214 g/mol. The van der Waals surface area contributed by atoms with Crippen molar-refractivity contribution in [2.45, 2.75) is 38.6 Å². The Hall–Kier alpha value is -0.120. The number of rotatable bonds is 8. The van der Waals surface area contributed by atoms with Gasteiger partial charge in [0.2, 0.25) is 0 Å². The van der Waals surface area contributed by atoms with Crippen molar-refractivity contribution >= 4 is 0 Å². The number of likely N-dealkylation sites (N-methyl/N-ethyl adjacent to an activating group) is 1.